The first-order chi connectivity index (χ1) is 6.66. The smallest absolute Gasteiger partial charge is 0.335 e. The lowest BCUT2D eigenvalue weighted by molar-refractivity contribution is -0.132. The SMILES string of the molecule is C=C(C(=O)O)/C(=C/C)c1ccccc1. The Morgan fingerprint density at radius 1 is 1.36 bits per heavy atom. The molecule has 0 aliphatic heterocycles. The number of allylic oxidation sites excluding steroid dienone is 1. The molecule has 0 saturated carbocycles. The van der Waals surface area contributed by atoms with Gasteiger partial charge < -0.3 is 5.11 Å². The Bertz CT molecular complexity index is 375. The van der Waals surface area contributed by atoms with Crippen LogP contribution < -0.4 is 0 Å². The van der Waals surface area contributed by atoms with Gasteiger partial charge in [-0.15, -0.1) is 0 Å². The summed E-state index contributed by atoms with van der Waals surface area (Å²) in [6.45, 7) is 5.34. The number of carbonyl (C=O) groups is 1. The lowest BCUT2D eigenvalue weighted by Crippen LogP contribution is -2.01. The van der Waals surface area contributed by atoms with Gasteiger partial charge in [0.2, 0.25) is 0 Å². The molecule has 0 aliphatic carbocycles. The van der Waals surface area contributed by atoms with Gasteiger partial charge in [-0.25, -0.2) is 4.79 Å². The lowest BCUT2D eigenvalue weighted by Gasteiger charge is -2.06. The van der Waals surface area contributed by atoms with Crippen LogP contribution >= 0.6 is 0 Å². The van der Waals surface area contributed by atoms with Crippen LogP contribution in [0.5, 0.6) is 0 Å². The summed E-state index contributed by atoms with van der Waals surface area (Å²) in [4.78, 5) is 10.7. The van der Waals surface area contributed by atoms with Gasteiger partial charge >= 0.3 is 5.97 Å². The van der Waals surface area contributed by atoms with Gasteiger partial charge in [-0.3, -0.25) is 0 Å². The molecule has 1 aromatic rings. The maximum Gasteiger partial charge on any atom is 0.335 e. The molecule has 0 spiro atoms. The van der Waals surface area contributed by atoms with Crippen LogP contribution in [0.1, 0.15) is 12.5 Å². The summed E-state index contributed by atoms with van der Waals surface area (Å²) >= 11 is 0. The van der Waals surface area contributed by atoms with E-state index in [4.69, 9.17) is 5.11 Å². The Balaban J connectivity index is 3.07. The van der Waals surface area contributed by atoms with Crippen LogP contribution in [0.2, 0.25) is 0 Å². The predicted molar refractivity (Wildman–Crippen MR) is 56.9 cm³/mol. The lowest BCUT2D eigenvalue weighted by atomic mass is 9.99. The van der Waals surface area contributed by atoms with Crippen molar-refractivity contribution in [3.05, 3.63) is 54.1 Å². The molecule has 1 aromatic carbocycles. The second-order valence-electron chi connectivity index (χ2n) is 2.85. The van der Waals surface area contributed by atoms with Crippen LogP contribution in [0.3, 0.4) is 0 Å². The molecule has 0 amide bonds. The molecule has 0 aliphatic rings. The third-order valence-electron chi connectivity index (χ3n) is 1.96. The number of hydrogen-bond acceptors (Lipinski definition) is 1. The highest BCUT2D eigenvalue weighted by atomic mass is 16.4. The molecule has 72 valence electrons. The van der Waals surface area contributed by atoms with Gasteiger partial charge in [-0.1, -0.05) is 43.0 Å². The normalized spacial score (nSPS) is 11.1. The van der Waals surface area contributed by atoms with Crippen LogP contribution in [0.4, 0.5) is 0 Å². The number of hydrogen-bond donors (Lipinski definition) is 1. The maximum absolute atomic E-state index is 10.7. The fraction of sp³-hybridized carbons (Fsp3) is 0.0833. The molecule has 0 heterocycles. The van der Waals surface area contributed by atoms with Crippen LogP contribution in [0.25, 0.3) is 5.57 Å². The second-order valence-corrected chi connectivity index (χ2v) is 2.85. The van der Waals surface area contributed by atoms with Gasteiger partial charge in [0.05, 0.1) is 5.57 Å². The van der Waals surface area contributed by atoms with Gasteiger partial charge in [-0.2, -0.15) is 0 Å². The molecule has 1 N–H and O–H groups in total. The zero-order valence-corrected chi connectivity index (χ0v) is 8.03. The molecule has 0 radical (unpaired) electrons. The zero-order chi connectivity index (χ0) is 10.6. The van der Waals surface area contributed by atoms with E-state index in [2.05, 4.69) is 6.58 Å². The number of rotatable bonds is 3. The predicted octanol–water partition coefficient (Wildman–Crippen LogP) is 2.73. The summed E-state index contributed by atoms with van der Waals surface area (Å²) < 4.78 is 0. The quantitative estimate of drug-likeness (QED) is 0.585. The first-order valence-corrected chi connectivity index (χ1v) is 4.31. The minimum Gasteiger partial charge on any atom is -0.478 e. The van der Waals surface area contributed by atoms with E-state index in [1.54, 1.807) is 13.0 Å². The molecule has 0 atom stereocenters. The Labute approximate surface area is 83.2 Å². The molecular weight excluding hydrogens is 176 g/mol. The summed E-state index contributed by atoms with van der Waals surface area (Å²) in [7, 11) is 0. The molecular formula is C12H12O2. The molecule has 0 unspecified atom stereocenters. The molecule has 0 aromatic heterocycles. The van der Waals surface area contributed by atoms with Crippen molar-refractivity contribution in [2.75, 3.05) is 0 Å². The average molecular weight is 188 g/mol. The van der Waals surface area contributed by atoms with Crippen LogP contribution in [-0.4, -0.2) is 11.1 Å². The summed E-state index contributed by atoms with van der Waals surface area (Å²) in [5, 5.41) is 8.80. The maximum atomic E-state index is 10.7. The van der Waals surface area contributed by atoms with Crippen molar-refractivity contribution < 1.29 is 9.90 Å². The van der Waals surface area contributed by atoms with Gasteiger partial charge in [0.25, 0.3) is 0 Å². The van der Waals surface area contributed by atoms with Crippen LogP contribution in [0, 0.1) is 0 Å². The van der Waals surface area contributed by atoms with Crippen molar-refractivity contribution >= 4 is 11.5 Å². The van der Waals surface area contributed by atoms with Crippen molar-refractivity contribution in [1.29, 1.82) is 0 Å². The minimum atomic E-state index is -0.984. The molecule has 2 nitrogen and oxygen atoms in total. The van der Waals surface area contributed by atoms with Crippen molar-refractivity contribution in [3.63, 3.8) is 0 Å². The topological polar surface area (TPSA) is 37.3 Å². The monoisotopic (exact) mass is 188 g/mol. The summed E-state index contributed by atoms with van der Waals surface area (Å²) in [6.07, 6.45) is 1.76. The molecule has 14 heavy (non-hydrogen) atoms. The van der Waals surface area contributed by atoms with Crippen molar-refractivity contribution in [3.8, 4) is 0 Å². The zero-order valence-electron chi connectivity index (χ0n) is 8.03. The standard InChI is InChI=1S/C12H12O2/c1-3-11(9(2)12(13)14)10-7-5-4-6-8-10/h3-8H,2H2,1H3,(H,13,14)/b11-3-. The molecule has 0 bridgehead atoms. The van der Waals surface area contributed by atoms with Gasteiger partial charge in [0.15, 0.2) is 0 Å². The van der Waals surface area contributed by atoms with E-state index in [-0.39, 0.29) is 5.57 Å². The summed E-state index contributed by atoms with van der Waals surface area (Å²) in [6, 6.07) is 9.36. The highest BCUT2D eigenvalue weighted by Gasteiger charge is 2.10. The van der Waals surface area contributed by atoms with Gasteiger partial charge in [0, 0.05) is 0 Å². The van der Waals surface area contributed by atoms with Crippen LogP contribution in [-0.2, 0) is 4.79 Å². The van der Waals surface area contributed by atoms with E-state index in [9.17, 15) is 4.79 Å². The Morgan fingerprint density at radius 3 is 2.36 bits per heavy atom. The fourth-order valence-corrected chi connectivity index (χ4v) is 1.25. The number of carboxylic acids is 1. The highest BCUT2D eigenvalue weighted by Crippen LogP contribution is 2.21. The van der Waals surface area contributed by atoms with Crippen molar-refractivity contribution in [2.45, 2.75) is 6.92 Å². The Kier molecular flexibility index (Phi) is 3.24. The summed E-state index contributed by atoms with van der Waals surface area (Å²) in [5.74, 6) is -0.984. The Hall–Kier alpha value is -1.83. The molecule has 0 saturated heterocycles. The van der Waals surface area contributed by atoms with E-state index in [1.807, 2.05) is 30.3 Å². The van der Waals surface area contributed by atoms with Gasteiger partial charge in [-0.05, 0) is 18.1 Å². The van der Waals surface area contributed by atoms with E-state index >= 15 is 0 Å². The second kappa shape index (κ2) is 4.42. The minimum absolute atomic E-state index is 0.124. The highest BCUT2D eigenvalue weighted by molar-refractivity contribution is 6.04. The first-order valence-electron chi connectivity index (χ1n) is 4.31. The average Bonchev–Trinajstić information content (AvgIpc) is 2.20. The largest absolute Gasteiger partial charge is 0.478 e. The molecule has 2 heteroatoms. The third-order valence-corrected chi connectivity index (χ3v) is 1.96. The Morgan fingerprint density at radius 2 is 1.93 bits per heavy atom. The van der Waals surface area contributed by atoms with E-state index < -0.39 is 5.97 Å². The number of carboxylic acid groups (broad SMARTS) is 1. The van der Waals surface area contributed by atoms with E-state index in [0.717, 1.165) is 5.56 Å². The summed E-state index contributed by atoms with van der Waals surface area (Å²) in [5.41, 5.74) is 1.67. The molecule has 0 fully saturated rings. The third kappa shape index (κ3) is 2.10. The van der Waals surface area contributed by atoms with Crippen molar-refractivity contribution in [2.24, 2.45) is 0 Å². The fourth-order valence-electron chi connectivity index (χ4n) is 1.25. The number of aliphatic carboxylic acids is 1. The van der Waals surface area contributed by atoms with Gasteiger partial charge in [0.1, 0.15) is 0 Å². The van der Waals surface area contributed by atoms with Crippen LogP contribution in [0.15, 0.2) is 48.6 Å². The van der Waals surface area contributed by atoms with Crippen molar-refractivity contribution in [1.82, 2.24) is 0 Å². The van der Waals surface area contributed by atoms with E-state index in [0.29, 0.717) is 5.57 Å². The first kappa shape index (κ1) is 10.3. The van der Waals surface area contributed by atoms with E-state index in [1.165, 1.54) is 0 Å². The molecule has 1 rings (SSSR count). The number of benzene rings is 1.